The van der Waals surface area contributed by atoms with E-state index in [2.05, 4.69) is 5.32 Å². The average molecular weight is 345 g/mol. The Kier molecular flexibility index (Phi) is 5.48. The number of fused-ring (bicyclic) bond motifs is 1. The second-order valence-electron chi connectivity index (χ2n) is 5.18. The van der Waals surface area contributed by atoms with Gasteiger partial charge in [-0.15, -0.1) is 11.8 Å². The fraction of sp³-hybridized carbons (Fsp3) is 0.278. The molecule has 0 aliphatic carbocycles. The zero-order chi connectivity index (χ0) is 16.8. The van der Waals surface area contributed by atoms with Crippen molar-refractivity contribution >= 4 is 23.4 Å². The molecule has 0 saturated heterocycles. The van der Waals surface area contributed by atoms with Gasteiger partial charge >= 0.3 is 0 Å². The van der Waals surface area contributed by atoms with Crippen molar-refractivity contribution in [1.29, 1.82) is 0 Å². The number of amides is 1. The molecule has 5 nitrogen and oxygen atoms in total. The number of carbonyl (C=O) groups excluding carboxylic acids is 1. The van der Waals surface area contributed by atoms with Crippen LogP contribution in [0.1, 0.15) is 5.56 Å². The molecule has 1 N–H and O–H groups in total. The molecule has 1 aliphatic rings. The highest BCUT2D eigenvalue weighted by Crippen LogP contribution is 2.35. The zero-order valence-corrected chi connectivity index (χ0v) is 14.2. The molecule has 2 aromatic carbocycles. The lowest BCUT2D eigenvalue weighted by atomic mass is 10.2. The summed E-state index contributed by atoms with van der Waals surface area (Å²) in [4.78, 5) is 12.1. The largest absolute Gasteiger partial charge is 0.495 e. The lowest BCUT2D eigenvalue weighted by Gasteiger charge is -2.20. The van der Waals surface area contributed by atoms with Gasteiger partial charge in [0.05, 0.1) is 18.6 Å². The third kappa shape index (κ3) is 3.94. The van der Waals surface area contributed by atoms with E-state index in [9.17, 15) is 4.79 Å². The van der Waals surface area contributed by atoms with Crippen LogP contribution >= 0.6 is 11.8 Å². The standard InChI is InChI=1S/C18H19NO4S/c1-21-15-7-3-2-6-14(15)19-17(20)12-24-11-13-5-4-8-16-18(13)23-10-9-22-16/h2-8H,9-12H2,1H3,(H,19,20). The van der Waals surface area contributed by atoms with Gasteiger partial charge in [0.15, 0.2) is 11.5 Å². The van der Waals surface area contributed by atoms with E-state index in [1.807, 2.05) is 42.5 Å². The molecule has 1 aliphatic heterocycles. The lowest BCUT2D eigenvalue weighted by Crippen LogP contribution is -2.17. The fourth-order valence-electron chi connectivity index (χ4n) is 2.44. The summed E-state index contributed by atoms with van der Waals surface area (Å²) in [6.07, 6.45) is 0. The number of rotatable bonds is 6. The van der Waals surface area contributed by atoms with E-state index in [1.165, 1.54) is 11.8 Å². The predicted octanol–water partition coefficient (Wildman–Crippen LogP) is 3.34. The van der Waals surface area contributed by atoms with Gasteiger partial charge in [-0.05, 0) is 18.2 Å². The van der Waals surface area contributed by atoms with Crippen LogP contribution in [0.2, 0.25) is 0 Å². The molecule has 6 heteroatoms. The number of carbonyl (C=O) groups is 1. The maximum atomic E-state index is 12.1. The lowest BCUT2D eigenvalue weighted by molar-refractivity contribution is -0.113. The maximum absolute atomic E-state index is 12.1. The van der Waals surface area contributed by atoms with Crippen LogP contribution in [0.15, 0.2) is 42.5 Å². The Bertz CT molecular complexity index is 720. The average Bonchev–Trinajstić information content (AvgIpc) is 2.62. The molecule has 0 atom stereocenters. The molecular weight excluding hydrogens is 326 g/mol. The third-order valence-electron chi connectivity index (χ3n) is 3.52. The smallest absolute Gasteiger partial charge is 0.234 e. The highest BCUT2D eigenvalue weighted by Gasteiger charge is 2.15. The number of ether oxygens (including phenoxy) is 3. The molecule has 0 bridgehead atoms. The van der Waals surface area contributed by atoms with Crippen LogP contribution in [-0.4, -0.2) is 32.0 Å². The maximum Gasteiger partial charge on any atom is 0.234 e. The molecule has 0 fully saturated rings. The highest BCUT2D eigenvalue weighted by atomic mass is 32.2. The first-order valence-electron chi connectivity index (χ1n) is 7.66. The number of thioether (sulfide) groups is 1. The molecule has 2 aromatic rings. The van der Waals surface area contributed by atoms with Crippen molar-refractivity contribution in [3.63, 3.8) is 0 Å². The van der Waals surface area contributed by atoms with E-state index >= 15 is 0 Å². The Morgan fingerprint density at radius 2 is 2.00 bits per heavy atom. The minimum absolute atomic E-state index is 0.0635. The molecule has 0 unspecified atom stereocenters. The highest BCUT2D eigenvalue weighted by molar-refractivity contribution is 7.99. The summed E-state index contributed by atoms with van der Waals surface area (Å²) < 4.78 is 16.5. The third-order valence-corrected chi connectivity index (χ3v) is 4.50. The number of anilines is 1. The molecule has 0 aromatic heterocycles. The van der Waals surface area contributed by atoms with Gasteiger partial charge in [0, 0.05) is 11.3 Å². The molecule has 0 spiro atoms. The van der Waals surface area contributed by atoms with Crippen LogP contribution in [0.4, 0.5) is 5.69 Å². The number of hydrogen-bond donors (Lipinski definition) is 1. The number of benzene rings is 2. The van der Waals surface area contributed by atoms with Gasteiger partial charge in [-0.25, -0.2) is 0 Å². The molecule has 3 rings (SSSR count). The van der Waals surface area contributed by atoms with Crippen LogP contribution in [-0.2, 0) is 10.5 Å². The first-order chi connectivity index (χ1) is 11.8. The number of methoxy groups -OCH3 is 1. The zero-order valence-electron chi connectivity index (χ0n) is 13.4. The van der Waals surface area contributed by atoms with Gasteiger partial charge in [0.2, 0.25) is 5.91 Å². The van der Waals surface area contributed by atoms with Crippen molar-refractivity contribution < 1.29 is 19.0 Å². The minimum atomic E-state index is -0.0635. The monoisotopic (exact) mass is 345 g/mol. The SMILES string of the molecule is COc1ccccc1NC(=O)CSCc1cccc2c1OCCO2. The first kappa shape index (κ1) is 16.5. The van der Waals surface area contributed by atoms with Crippen LogP contribution in [0, 0.1) is 0 Å². The van der Waals surface area contributed by atoms with Crippen LogP contribution in [0.3, 0.4) is 0 Å². The van der Waals surface area contributed by atoms with Crippen molar-refractivity contribution in [3.05, 3.63) is 48.0 Å². The summed E-state index contributed by atoms with van der Waals surface area (Å²) in [5.41, 5.74) is 1.72. The second kappa shape index (κ2) is 7.97. The number of hydrogen-bond acceptors (Lipinski definition) is 5. The molecular formula is C18H19NO4S. The summed E-state index contributed by atoms with van der Waals surface area (Å²) in [5, 5.41) is 2.87. The van der Waals surface area contributed by atoms with E-state index in [4.69, 9.17) is 14.2 Å². The summed E-state index contributed by atoms with van der Waals surface area (Å²) >= 11 is 1.53. The van der Waals surface area contributed by atoms with Gasteiger partial charge in [0.1, 0.15) is 19.0 Å². The minimum Gasteiger partial charge on any atom is -0.495 e. The Hall–Kier alpha value is -2.34. The van der Waals surface area contributed by atoms with Gasteiger partial charge in [0.25, 0.3) is 0 Å². The summed E-state index contributed by atoms with van der Waals surface area (Å²) in [5.74, 6) is 3.19. The van der Waals surface area contributed by atoms with Gasteiger partial charge < -0.3 is 19.5 Å². The van der Waals surface area contributed by atoms with Gasteiger partial charge in [-0.2, -0.15) is 0 Å². The Morgan fingerprint density at radius 1 is 1.17 bits per heavy atom. The van der Waals surface area contributed by atoms with Crippen molar-refractivity contribution in [3.8, 4) is 17.2 Å². The van der Waals surface area contributed by atoms with Crippen LogP contribution in [0.5, 0.6) is 17.2 Å². The topological polar surface area (TPSA) is 56.8 Å². The Morgan fingerprint density at radius 3 is 2.88 bits per heavy atom. The molecule has 0 radical (unpaired) electrons. The predicted molar refractivity (Wildman–Crippen MR) is 95.2 cm³/mol. The molecule has 1 heterocycles. The first-order valence-corrected chi connectivity index (χ1v) is 8.81. The molecule has 1 amide bonds. The van der Waals surface area contributed by atoms with E-state index in [-0.39, 0.29) is 5.91 Å². The number of para-hydroxylation sites is 3. The quantitative estimate of drug-likeness (QED) is 0.870. The molecule has 24 heavy (non-hydrogen) atoms. The summed E-state index contributed by atoms with van der Waals surface area (Å²) in [7, 11) is 1.58. The van der Waals surface area contributed by atoms with Crippen molar-refractivity contribution in [1.82, 2.24) is 0 Å². The Labute approximate surface area is 145 Å². The van der Waals surface area contributed by atoms with Crippen LogP contribution < -0.4 is 19.5 Å². The summed E-state index contributed by atoms with van der Waals surface area (Å²) in [6.45, 7) is 1.13. The summed E-state index contributed by atoms with van der Waals surface area (Å²) in [6, 6.07) is 13.2. The van der Waals surface area contributed by atoms with E-state index in [1.54, 1.807) is 7.11 Å². The van der Waals surface area contributed by atoms with E-state index in [0.29, 0.717) is 36.2 Å². The number of nitrogens with one attached hydrogen (secondary N) is 1. The second-order valence-corrected chi connectivity index (χ2v) is 6.17. The molecule has 126 valence electrons. The van der Waals surface area contributed by atoms with Crippen molar-refractivity contribution in [2.45, 2.75) is 5.75 Å². The van der Waals surface area contributed by atoms with E-state index < -0.39 is 0 Å². The van der Waals surface area contributed by atoms with Crippen molar-refractivity contribution in [2.24, 2.45) is 0 Å². The van der Waals surface area contributed by atoms with E-state index in [0.717, 1.165) is 17.1 Å². The van der Waals surface area contributed by atoms with Crippen LogP contribution in [0.25, 0.3) is 0 Å². The molecule has 0 saturated carbocycles. The normalized spacial score (nSPS) is 12.5. The van der Waals surface area contributed by atoms with Gasteiger partial charge in [-0.3, -0.25) is 4.79 Å². The van der Waals surface area contributed by atoms with Gasteiger partial charge in [-0.1, -0.05) is 24.3 Å². The Balaban J connectivity index is 1.54. The fourth-order valence-corrected chi connectivity index (χ4v) is 3.24. The van der Waals surface area contributed by atoms with Crippen molar-refractivity contribution in [2.75, 3.05) is 31.4 Å².